The minimum atomic E-state index is -0.650. The summed E-state index contributed by atoms with van der Waals surface area (Å²) in [6.45, 7) is 6.75. The largest absolute Gasteiger partial charge is 0.472 e. The molecular weight excluding hydrogens is 372 g/mol. The summed E-state index contributed by atoms with van der Waals surface area (Å²) in [5.74, 6) is -0.544. The fourth-order valence-corrected chi connectivity index (χ4v) is 4.80. The number of ether oxygens (including phenoxy) is 1. The Hall–Kier alpha value is -2.15. The van der Waals surface area contributed by atoms with Crippen molar-refractivity contribution in [3.8, 4) is 0 Å². The molecule has 3 heterocycles. The van der Waals surface area contributed by atoms with Crippen LogP contribution in [0.4, 0.5) is 0 Å². The van der Waals surface area contributed by atoms with Crippen LogP contribution < -0.4 is 5.32 Å². The van der Waals surface area contributed by atoms with E-state index in [4.69, 9.17) is 9.15 Å². The Bertz CT molecular complexity index is 724. The molecule has 7 nitrogen and oxygen atoms in total. The van der Waals surface area contributed by atoms with E-state index in [0.29, 0.717) is 24.9 Å². The smallest absolute Gasteiger partial charge is 0.255 e. The van der Waals surface area contributed by atoms with Gasteiger partial charge in [-0.2, -0.15) is 0 Å². The first-order chi connectivity index (χ1) is 14.0. The van der Waals surface area contributed by atoms with Crippen molar-refractivity contribution in [2.24, 2.45) is 5.41 Å². The van der Waals surface area contributed by atoms with Crippen LogP contribution in [0, 0.1) is 5.41 Å². The van der Waals surface area contributed by atoms with E-state index in [9.17, 15) is 14.4 Å². The van der Waals surface area contributed by atoms with Gasteiger partial charge in [0.25, 0.3) is 5.91 Å². The first-order valence-electron chi connectivity index (χ1n) is 10.7. The number of fused-ring (bicyclic) bond motifs is 1. The van der Waals surface area contributed by atoms with Crippen LogP contribution in [0.1, 0.15) is 69.7 Å². The van der Waals surface area contributed by atoms with Crippen LogP contribution in [0.15, 0.2) is 23.0 Å². The first-order valence-corrected chi connectivity index (χ1v) is 10.7. The number of furan rings is 1. The van der Waals surface area contributed by atoms with Gasteiger partial charge in [-0.3, -0.25) is 14.4 Å². The minimum absolute atomic E-state index is 0.0271. The number of hydrogen-bond acceptors (Lipinski definition) is 5. The molecule has 1 aliphatic carbocycles. The Morgan fingerprint density at radius 1 is 1.31 bits per heavy atom. The monoisotopic (exact) mass is 404 g/mol. The summed E-state index contributed by atoms with van der Waals surface area (Å²) < 4.78 is 10.5. The van der Waals surface area contributed by atoms with E-state index in [1.54, 1.807) is 11.0 Å². The van der Waals surface area contributed by atoms with E-state index in [2.05, 4.69) is 12.2 Å². The van der Waals surface area contributed by atoms with Crippen LogP contribution >= 0.6 is 0 Å². The summed E-state index contributed by atoms with van der Waals surface area (Å²) in [6, 6.07) is 0.429. The summed E-state index contributed by atoms with van der Waals surface area (Å²) >= 11 is 0. The van der Waals surface area contributed by atoms with Gasteiger partial charge in [-0.25, -0.2) is 0 Å². The predicted molar refractivity (Wildman–Crippen MR) is 107 cm³/mol. The molecule has 0 bridgehead atoms. The summed E-state index contributed by atoms with van der Waals surface area (Å²) in [6.07, 6.45) is 8.24. The van der Waals surface area contributed by atoms with Crippen molar-refractivity contribution in [3.05, 3.63) is 24.2 Å². The standard InChI is InChI=1S/C20H26N2O5.C2H6/c1-20(6-2-3-7-20)10-14(21-18(24)13-5-9-26-11-13)19(25)22-8-4-16-17(22)15(23)12-27-16;1-2/h5,9,11,14,16-17H,2-4,6-8,10,12H2,1H3,(H,21,24);1-2H3/t14?,16-,17-;/m1./s1. The molecule has 29 heavy (non-hydrogen) atoms. The second-order valence-electron chi connectivity index (χ2n) is 8.34. The average molecular weight is 405 g/mol. The topological polar surface area (TPSA) is 88.8 Å². The number of nitrogens with zero attached hydrogens (tertiary/aromatic N) is 1. The lowest BCUT2D eigenvalue weighted by Gasteiger charge is -2.32. The maximum atomic E-state index is 13.3. The molecule has 1 aromatic heterocycles. The molecule has 0 spiro atoms. The highest BCUT2D eigenvalue weighted by Crippen LogP contribution is 2.42. The number of carbonyl (C=O) groups excluding carboxylic acids is 3. The van der Waals surface area contributed by atoms with Crippen molar-refractivity contribution in [2.45, 2.75) is 77.5 Å². The number of rotatable bonds is 5. The predicted octanol–water partition coefficient (Wildman–Crippen LogP) is 2.94. The molecule has 3 atom stereocenters. The Balaban J connectivity index is 0.00000117. The molecule has 0 aromatic carbocycles. The van der Waals surface area contributed by atoms with Crippen LogP contribution in [0.5, 0.6) is 0 Å². The van der Waals surface area contributed by atoms with E-state index in [-0.39, 0.29) is 35.7 Å². The third-order valence-corrected chi connectivity index (χ3v) is 6.29. The summed E-state index contributed by atoms with van der Waals surface area (Å²) in [4.78, 5) is 39.7. The maximum Gasteiger partial charge on any atom is 0.255 e. The van der Waals surface area contributed by atoms with Gasteiger partial charge in [0.15, 0.2) is 5.78 Å². The van der Waals surface area contributed by atoms with E-state index in [1.807, 2.05) is 13.8 Å². The Labute approximate surface area is 172 Å². The van der Waals surface area contributed by atoms with Gasteiger partial charge < -0.3 is 19.4 Å². The lowest BCUT2D eigenvalue weighted by molar-refractivity contribution is -0.138. The molecule has 2 aliphatic heterocycles. The van der Waals surface area contributed by atoms with Crippen molar-refractivity contribution in [1.29, 1.82) is 0 Å². The highest BCUT2D eigenvalue weighted by atomic mass is 16.5. The lowest BCUT2D eigenvalue weighted by atomic mass is 9.81. The Morgan fingerprint density at radius 2 is 2.03 bits per heavy atom. The quantitative estimate of drug-likeness (QED) is 0.815. The molecule has 3 aliphatic rings. The van der Waals surface area contributed by atoms with Crippen LogP contribution in [-0.2, 0) is 14.3 Å². The molecule has 1 saturated carbocycles. The Morgan fingerprint density at radius 3 is 2.69 bits per heavy atom. The number of likely N-dealkylation sites (tertiary alicyclic amines) is 1. The van der Waals surface area contributed by atoms with Crippen LogP contribution in [0.3, 0.4) is 0 Å². The van der Waals surface area contributed by atoms with Crippen molar-refractivity contribution in [3.63, 3.8) is 0 Å². The fourth-order valence-electron chi connectivity index (χ4n) is 4.80. The zero-order valence-electron chi connectivity index (χ0n) is 17.6. The van der Waals surface area contributed by atoms with E-state index >= 15 is 0 Å². The highest BCUT2D eigenvalue weighted by molar-refractivity contribution is 5.99. The van der Waals surface area contributed by atoms with Gasteiger partial charge in [-0.1, -0.05) is 33.6 Å². The average Bonchev–Trinajstić information content (AvgIpc) is 3.49. The van der Waals surface area contributed by atoms with Crippen molar-refractivity contribution >= 4 is 17.6 Å². The second kappa shape index (κ2) is 9.11. The van der Waals surface area contributed by atoms with Gasteiger partial charge in [0, 0.05) is 6.54 Å². The van der Waals surface area contributed by atoms with Crippen molar-refractivity contribution in [1.82, 2.24) is 10.2 Å². The van der Waals surface area contributed by atoms with E-state index in [1.165, 1.54) is 12.5 Å². The Kier molecular flexibility index (Phi) is 6.77. The number of hydrogen-bond donors (Lipinski definition) is 1. The molecular formula is C22H32N2O5. The molecule has 2 saturated heterocycles. The number of carbonyl (C=O) groups is 3. The van der Waals surface area contributed by atoms with Crippen LogP contribution in [0.2, 0.25) is 0 Å². The van der Waals surface area contributed by atoms with Gasteiger partial charge in [0.2, 0.25) is 5.91 Å². The zero-order chi connectivity index (χ0) is 21.0. The van der Waals surface area contributed by atoms with Crippen molar-refractivity contribution < 1.29 is 23.5 Å². The third-order valence-electron chi connectivity index (χ3n) is 6.29. The minimum Gasteiger partial charge on any atom is -0.472 e. The molecule has 2 amide bonds. The molecule has 1 aromatic rings. The highest BCUT2D eigenvalue weighted by Gasteiger charge is 2.48. The third kappa shape index (κ3) is 4.55. The summed E-state index contributed by atoms with van der Waals surface area (Å²) in [5, 5.41) is 2.90. The SMILES string of the molecule is CC.CC1(CC(NC(=O)c2ccoc2)C(=O)N2CC[C@H]3OCC(=O)[C@H]32)CCCC1. The van der Waals surface area contributed by atoms with Gasteiger partial charge in [-0.15, -0.1) is 0 Å². The molecule has 1 N–H and O–H groups in total. The molecule has 160 valence electrons. The van der Waals surface area contributed by atoms with E-state index in [0.717, 1.165) is 25.7 Å². The van der Waals surface area contributed by atoms with Gasteiger partial charge in [0.1, 0.15) is 25.0 Å². The summed E-state index contributed by atoms with van der Waals surface area (Å²) in [5.41, 5.74) is 0.420. The van der Waals surface area contributed by atoms with Crippen LogP contribution in [-0.4, -0.2) is 53.8 Å². The van der Waals surface area contributed by atoms with E-state index < -0.39 is 12.1 Å². The normalized spacial score (nSPS) is 25.9. The van der Waals surface area contributed by atoms with Gasteiger partial charge >= 0.3 is 0 Å². The lowest BCUT2D eigenvalue weighted by Crippen LogP contribution is -2.53. The molecule has 4 rings (SSSR count). The molecule has 7 heteroatoms. The number of nitrogens with one attached hydrogen (secondary N) is 1. The molecule has 0 radical (unpaired) electrons. The van der Waals surface area contributed by atoms with Crippen molar-refractivity contribution in [2.75, 3.05) is 13.2 Å². The molecule has 1 unspecified atom stereocenters. The summed E-state index contributed by atoms with van der Waals surface area (Å²) in [7, 11) is 0. The number of amides is 2. The fraction of sp³-hybridized carbons (Fsp3) is 0.682. The first kappa shape index (κ1) is 21.6. The van der Waals surface area contributed by atoms with Crippen LogP contribution in [0.25, 0.3) is 0 Å². The zero-order valence-corrected chi connectivity index (χ0v) is 17.6. The van der Waals surface area contributed by atoms with Gasteiger partial charge in [0.05, 0.1) is 17.9 Å². The number of Topliss-reactive ketones (excluding diaryl/α,β-unsaturated/α-hetero) is 1. The molecule has 3 fully saturated rings. The maximum absolute atomic E-state index is 13.3. The number of ketones is 1. The van der Waals surface area contributed by atoms with Gasteiger partial charge in [-0.05, 0) is 37.2 Å². The second-order valence-corrected chi connectivity index (χ2v) is 8.34.